The number of rotatable bonds is 4. The number of hydrogen-bond acceptors (Lipinski definition) is 3. The highest BCUT2D eigenvalue weighted by molar-refractivity contribution is 5.82. The van der Waals surface area contributed by atoms with E-state index in [-0.39, 0.29) is 11.9 Å². The summed E-state index contributed by atoms with van der Waals surface area (Å²) in [5.41, 5.74) is 5.58. The Kier molecular flexibility index (Phi) is 4.74. The van der Waals surface area contributed by atoms with E-state index in [9.17, 15) is 4.79 Å². The highest BCUT2D eigenvalue weighted by Gasteiger charge is 2.35. The van der Waals surface area contributed by atoms with Crippen molar-refractivity contribution in [1.82, 2.24) is 9.80 Å². The number of nitrogens with zero attached hydrogens (tertiary/aromatic N) is 2. The summed E-state index contributed by atoms with van der Waals surface area (Å²) in [5.74, 6) is 0.776. The van der Waals surface area contributed by atoms with Gasteiger partial charge in [0.05, 0.1) is 6.04 Å². The fourth-order valence-corrected chi connectivity index (χ4v) is 2.32. The van der Waals surface area contributed by atoms with Crippen LogP contribution in [0.15, 0.2) is 0 Å². The standard InChI is InChI=1S/C12H25N3O/c1-9(2)7-15-8-10(3)14(4)11(5-6-13)12(15)16/h9-11H,5-8,13H2,1-4H3. The number of likely N-dealkylation sites (N-methyl/N-ethyl adjacent to an activating group) is 1. The molecule has 1 heterocycles. The number of amides is 1. The van der Waals surface area contributed by atoms with Crippen LogP contribution < -0.4 is 5.73 Å². The Morgan fingerprint density at radius 2 is 2.12 bits per heavy atom. The van der Waals surface area contributed by atoms with Crippen LogP contribution in [0.25, 0.3) is 0 Å². The Bertz CT molecular complexity index is 242. The maximum atomic E-state index is 12.2. The van der Waals surface area contributed by atoms with E-state index < -0.39 is 0 Å². The fraction of sp³-hybridized carbons (Fsp3) is 0.917. The third-order valence-corrected chi connectivity index (χ3v) is 3.29. The number of carbonyl (C=O) groups is 1. The van der Waals surface area contributed by atoms with Gasteiger partial charge in [0.2, 0.25) is 5.91 Å². The first-order valence-electron chi connectivity index (χ1n) is 6.18. The molecule has 4 heteroatoms. The molecule has 1 saturated heterocycles. The average Bonchev–Trinajstić information content (AvgIpc) is 2.20. The maximum Gasteiger partial charge on any atom is 0.240 e. The SMILES string of the molecule is CC(C)CN1CC(C)N(C)C(CCN)C1=O. The molecule has 16 heavy (non-hydrogen) atoms. The highest BCUT2D eigenvalue weighted by atomic mass is 16.2. The Hall–Kier alpha value is -0.610. The molecule has 0 saturated carbocycles. The van der Waals surface area contributed by atoms with Crippen molar-refractivity contribution in [3.05, 3.63) is 0 Å². The minimum atomic E-state index is -0.0208. The van der Waals surface area contributed by atoms with Crippen LogP contribution >= 0.6 is 0 Å². The van der Waals surface area contributed by atoms with Crippen molar-refractivity contribution in [2.75, 3.05) is 26.7 Å². The lowest BCUT2D eigenvalue weighted by molar-refractivity contribution is -0.144. The van der Waals surface area contributed by atoms with Crippen LogP contribution in [0, 0.1) is 5.92 Å². The molecular weight excluding hydrogens is 202 g/mol. The molecule has 0 aromatic carbocycles. The van der Waals surface area contributed by atoms with Crippen LogP contribution in [0.1, 0.15) is 27.2 Å². The molecule has 1 amide bonds. The first kappa shape index (κ1) is 13.5. The molecule has 0 aromatic rings. The Balaban J connectivity index is 2.72. The lowest BCUT2D eigenvalue weighted by Gasteiger charge is -2.43. The van der Waals surface area contributed by atoms with E-state index in [1.165, 1.54) is 0 Å². The molecule has 0 aromatic heterocycles. The van der Waals surface area contributed by atoms with Gasteiger partial charge in [-0.1, -0.05) is 13.8 Å². The second-order valence-corrected chi connectivity index (χ2v) is 5.24. The largest absolute Gasteiger partial charge is 0.340 e. The van der Waals surface area contributed by atoms with Gasteiger partial charge in [0, 0.05) is 19.1 Å². The first-order valence-corrected chi connectivity index (χ1v) is 6.18. The van der Waals surface area contributed by atoms with Gasteiger partial charge in [0.1, 0.15) is 0 Å². The zero-order chi connectivity index (χ0) is 12.3. The third kappa shape index (κ3) is 2.95. The monoisotopic (exact) mass is 227 g/mol. The molecule has 0 aliphatic carbocycles. The minimum Gasteiger partial charge on any atom is -0.340 e. The molecule has 1 aliphatic heterocycles. The van der Waals surface area contributed by atoms with Crippen molar-refractivity contribution in [2.45, 2.75) is 39.3 Å². The first-order chi connectivity index (χ1) is 7.47. The predicted molar refractivity (Wildman–Crippen MR) is 66.1 cm³/mol. The number of carbonyl (C=O) groups excluding carboxylic acids is 1. The van der Waals surface area contributed by atoms with E-state index in [1.54, 1.807) is 0 Å². The zero-order valence-corrected chi connectivity index (χ0v) is 10.9. The van der Waals surface area contributed by atoms with E-state index in [1.807, 2.05) is 11.9 Å². The Labute approximate surface area is 98.8 Å². The molecule has 2 unspecified atom stereocenters. The van der Waals surface area contributed by atoms with Gasteiger partial charge in [-0.25, -0.2) is 0 Å². The van der Waals surface area contributed by atoms with Gasteiger partial charge in [-0.05, 0) is 32.9 Å². The summed E-state index contributed by atoms with van der Waals surface area (Å²) < 4.78 is 0. The van der Waals surface area contributed by atoms with Crippen molar-refractivity contribution >= 4 is 5.91 Å². The van der Waals surface area contributed by atoms with Crippen molar-refractivity contribution in [3.8, 4) is 0 Å². The van der Waals surface area contributed by atoms with Gasteiger partial charge in [-0.2, -0.15) is 0 Å². The smallest absolute Gasteiger partial charge is 0.240 e. The Morgan fingerprint density at radius 1 is 1.50 bits per heavy atom. The Morgan fingerprint density at radius 3 is 2.62 bits per heavy atom. The molecule has 0 spiro atoms. The fourth-order valence-electron chi connectivity index (χ4n) is 2.32. The lowest BCUT2D eigenvalue weighted by Crippen LogP contribution is -2.60. The summed E-state index contributed by atoms with van der Waals surface area (Å²) in [5, 5.41) is 0. The summed E-state index contributed by atoms with van der Waals surface area (Å²) in [6.45, 7) is 8.74. The van der Waals surface area contributed by atoms with Crippen molar-refractivity contribution in [1.29, 1.82) is 0 Å². The van der Waals surface area contributed by atoms with Crippen LogP contribution in [-0.4, -0.2) is 54.5 Å². The normalized spacial score (nSPS) is 27.9. The van der Waals surface area contributed by atoms with Gasteiger partial charge >= 0.3 is 0 Å². The van der Waals surface area contributed by atoms with Gasteiger partial charge < -0.3 is 10.6 Å². The molecule has 1 fully saturated rings. The van der Waals surface area contributed by atoms with Crippen LogP contribution in [0.3, 0.4) is 0 Å². The third-order valence-electron chi connectivity index (χ3n) is 3.29. The van der Waals surface area contributed by atoms with Gasteiger partial charge in [-0.15, -0.1) is 0 Å². The summed E-state index contributed by atoms with van der Waals surface area (Å²) in [6.07, 6.45) is 0.758. The summed E-state index contributed by atoms with van der Waals surface area (Å²) in [7, 11) is 2.02. The second-order valence-electron chi connectivity index (χ2n) is 5.24. The molecule has 0 bridgehead atoms. The summed E-state index contributed by atoms with van der Waals surface area (Å²) in [6, 6.07) is 0.403. The molecule has 4 nitrogen and oxygen atoms in total. The average molecular weight is 227 g/mol. The van der Waals surface area contributed by atoms with Crippen molar-refractivity contribution in [3.63, 3.8) is 0 Å². The van der Waals surface area contributed by atoms with Crippen molar-refractivity contribution < 1.29 is 4.79 Å². The van der Waals surface area contributed by atoms with Gasteiger partial charge in [-0.3, -0.25) is 9.69 Å². The molecular formula is C12H25N3O. The number of piperazine rings is 1. The van der Waals surface area contributed by atoms with E-state index in [2.05, 4.69) is 25.7 Å². The molecule has 1 aliphatic rings. The highest BCUT2D eigenvalue weighted by Crippen LogP contribution is 2.18. The molecule has 0 radical (unpaired) electrons. The summed E-state index contributed by atoms with van der Waals surface area (Å²) >= 11 is 0. The van der Waals surface area contributed by atoms with Gasteiger partial charge in [0.25, 0.3) is 0 Å². The van der Waals surface area contributed by atoms with Crippen LogP contribution in [-0.2, 0) is 4.79 Å². The molecule has 1 rings (SSSR count). The van der Waals surface area contributed by atoms with Crippen LogP contribution in [0.5, 0.6) is 0 Å². The summed E-state index contributed by atoms with van der Waals surface area (Å²) in [4.78, 5) is 16.4. The van der Waals surface area contributed by atoms with E-state index in [0.29, 0.717) is 18.5 Å². The quantitative estimate of drug-likeness (QED) is 0.762. The molecule has 2 atom stereocenters. The van der Waals surface area contributed by atoms with Crippen molar-refractivity contribution in [2.24, 2.45) is 11.7 Å². The number of hydrogen-bond donors (Lipinski definition) is 1. The topological polar surface area (TPSA) is 49.6 Å². The van der Waals surface area contributed by atoms with Gasteiger partial charge in [0.15, 0.2) is 0 Å². The lowest BCUT2D eigenvalue weighted by atomic mass is 10.0. The van der Waals surface area contributed by atoms with E-state index in [0.717, 1.165) is 19.5 Å². The number of nitrogens with two attached hydrogens (primary N) is 1. The minimum absolute atomic E-state index is 0.0208. The van der Waals surface area contributed by atoms with Crippen LogP contribution in [0.2, 0.25) is 0 Å². The molecule has 94 valence electrons. The zero-order valence-electron chi connectivity index (χ0n) is 10.9. The van der Waals surface area contributed by atoms with Crippen LogP contribution in [0.4, 0.5) is 0 Å². The second kappa shape index (κ2) is 5.64. The predicted octanol–water partition coefficient (Wildman–Crippen LogP) is 0.522. The maximum absolute atomic E-state index is 12.2. The van der Waals surface area contributed by atoms with E-state index in [4.69, 9.17) is 5.73 Å². The van der Waals surface area contributed by atoms with E-state index >= 15 is 0 Å². The molecule has 2 N–H and O–H groups in total.